The molecule has 1 fully saturated rings. The zero-order valence-corrected chi connectivity index (χ0v) is 13.8. The Hall–Kier alpha value is -3.02. The van der Waals surface area contributed by atoms with Crippen molar-refractivity contribution in [3.63, 3.8) is 0 Å². The van der Waals surface area contributed by atoms with Crippen LogP contribution in [0.15, 0.2) is 55.1 Å². The minimum Gasteiger partial charge on any atom is -0.340 e. The number of aromatic amines is 1. The van der Waals surface area contributed by atoms with E-state index in [4.69, 9.17) is 0 Å². The summed E-state index contributed by atoms with van der Waals surface area (Å²) >= 11 is 0. The van der Waals surface area contributed by atoms with Gasteiger partial charge in [0.05, 0.1) is 24.1 Å². The van der Waals surface area contributed by atoms with Crippen LogP contribution in [0.5, 0.6) is 0 Å². The van der Waals surface area contributed by atoms with Crippen molar-refractivity contribution in [1.82, 2.24) is 24.8 Å². The Morgan fingerprint density at radius 3 is 2.76 bits per heavy atom. The molecule has 0 aliphatic carbocycles. The van der Waals surface area contributed by atoms with Crippen molar-refractivity contribution in [2.45, 2.75) is 25.3 Å². The first kappa shape index (κ1) is 15.5. The molecule has 1 amide bonds. The van der Waals surface area contributed by atoms with E-state index in [1.54, 1.807) is 12.4 Å². The summed E-state index contributed by atoms with van der Waals surface area (Å²) in [5.41, 5.74) is 2.43. The number of imidazole rings is 1. The molecule has 0 spiro atoms. The first-order valence-corrected chi connectivity index (χ1v) is 8.50. The molecule has 6 nitrogen and oxygen atoms in total. The zero-order valence-electron chi connectivity index (χ0n) is 13.8. The molecule has 25 heavy (non-hydrogen) atoms. The van der Waals surface area contributed by atoms with Gasteiger partial charge < -0.3 is 9.88 Å². The predicted octanol–water partition coefficient (Wildman–Crippen LogP) is 3.23. The Kier molecular flexibility index (Phi) is 4.24. The lowest BCUT2D eigenvalue weighted by molar-refractivity contribution is 0.0594. The summed E-state index contributed by atoms with van der Waals surface area (Å²) in [7, 11) is 0. The van der Waals surface area contributed by atoms with Crippen molar-refractivity contribution >= 4 is 5.91 Å². The fraction of sp³-hybridized carbons (Fsp3) is 0.263. The molecule has 0 radical (unpaired) electrons. The highest BCUT2D eigenvalue weighted by Gasteiger charge is 2.31. The average molecular weight is 333 g/mol. The quantitative estimate of drug-likeness (QED) is 0.798. The lowest BCUT2D eigenvalue weighted by atomic mass is 10.0. The van der Waals surface area contributed by atoms with Crippen LogP contribution in [-0.2, 0) is 0 Å². The number of aromatic nitrogens is 4. The van der Waals surface area contributed by atoms with Crippen LogP contribution in [0.3, 0.4) is 0 Å². The van der Waals surface area contributed by atoms with Crippen molar-refractivity contribution in [3.05, 3.63) is 66.6 Å². The molecule has 1 aromatic carbocycles. The maximum absolute atomic E-state index is 12.8. The molecule has 1 atom stereocenters. The Balaban J connectivity index is 1.62. The van der Waals surface area contributed by atoms with Crippen LogP contribution < -0.4 is 0 Å². The van der Waals surface area contributed by atoms with Crippen LogP contribution in [-0.4, -0.2) is 37.3 Å². The number of benzene rings is 1. The van der Waals surface area contributed by atoms with Gasteiger partial charge in [0, 0.05) is 18.9 Å². The minimum absolute atomic E-state index is 0.0549. The van der Waals surface area contributed by atoms with Gasteiger partial charge in [-0.2, -0.15) is 0 Å². The van der Waals surface area contributed by atoms with Gasteiger partial charge in [-0.05, 0) is 24.8 Å². The Morgan fingerprint density at radius 1 is 1.08 bits per heavy atom. The molecule has 2 aromatic heterocycles. The highest BCUT2D eigenvalue weighted by atomic mass is 16.2. The first-order chi connectivity index (χ1) is 12.3. The number of piperidine rings is 1. The second-order valence-corrected chi connectivity index (χ2v) is 6.15. The molecule has 0 unspecified atom stereocenters. The molecule has 4 rings (SSSR count). The number of amides is 1. The SMILES string of the molecule is O=C(c1cnccn1)N1CCCC[C@@H]1c1ncc(-c2ccccc2)[nH]1. The largest absolute Gasteiger partial charge is 0.340 e. The maximum atomic E-state index is 12.8. The summed E-state index contributed by atoms with van der Waals surface area (Å²) in [5, 5.41) is 0. The van der Waals surface area contributed by atoms with Crippen molar-refractivity contribution < 1.29 is 4.79 Å². The lowest BCUT2D eigenvalue weighted by Gasteiger charge is -2.34. The van der Waals surface area contributed by atoms with E-state index in [0.717, 1.165) is 36.3 Å². The molecular formula is C19H19N5O. The fourth-order valence-corrected chi connectivity index (χ4v) is 3.29. The monoisotopic (exact) mass is 333 g/mol. The van der Waals surface area contributed by atoms with E-state index in [0.29, 0.717) is 12.2 Å². The van der Waals surface area contributed by atoms with Gasteiger partial charge >= 0.3 is 0 Å². The number of carbonyl (C=O) groups excluding carboxylic acids is 1. The number of nitrogens with one attached hydrogen (secondary N) is 1. The van der Waals surface area contributed by atoms with Crippen molar-refractivity contribution in [3.8, 4) is 11.3 Å². The summed E-state index contributed by atoms with van der Waals surface area (Å²) in [6.45, 7) is 0.710. The van der Waals surface area contributed by atoms with Gasteiger partial charge in [-0.3, -0.25) is 9.78 Å². The topological polar surface area (TPSA) is 74.8 Å². The highest BCUT2D eigenvalue weighted by Crippen LogP contribution is 2.31. The summed E-state index contributed by atoms with van der Waals surface area (Å²) < 4.78 is 0. The molecule has 0 saturated carbocycles. The van der Waals surface area contributed by atoms with Crippen LogP contribution in [0.2, 0.25) is 0 Å². The molecule has 6 heteroatoms. The van der Waals surface area contributed by atoms with Crippen LogP contribution in [0, 0.1) is 0 Å². The number of hydrogen-bond donors (Lipinski definition) is 1. The average Bonchev–Trinajstić information content (AvgIpc) is 3.19. The third kappa shape index (κ3) is 3.15. The van der Waals surface area contributed by atoms with Crippen LogP contribution in [0.25, 0.3) is 11.3 Å². The van der Waals surface area contributed by atoms with E-state index in [1.807, 2.05) is 41.4 Å². The fourth-order valence-electron chi connectivity index (χ4n) is 3.29. The van der Waals surface area contributed by atoms with E-state index >= 15 is 0 Å². The van der Waals surface area contributed by atoms with Crippen molar-refractivity contribution in [2.75, 3.05) is 6.54 Å². The molecule has 1 aliphatic rings. The number of carbonyl (C=O) groups is 1. The standard InChI is InChI=1S/C19H19N5O/c25-19(16-12-20-9-10-21-16)24-11-5-4-8-17(24)18-22-13-15(23-18)14-6-2-1-3-7-14/h1-3,6-7,9-10,12-13,17H,4-5,8,11H2,(H,22,23)/t17-/m1/s1. The first-order valence-electron chi connectivity index (χ1n) is 8.50. The summed E-state index contributed by atoms with van der Waals surface area (Å²) in [6.07, 6.45) is 9.45. The van der Waals surface area contributed by atoms with Gasteiger partial charge in [-0.15, -0.1) is 0 Å². The zero-order chi connectivity index (χ0) is 17.1. The van der Waals surface area contributed by atoms with E-state index in [9.17, 15) is 4.79 Å². The van der Waals surface area contributed by atoms with Gasteiger partial charge in [0.2, 0.25) is 0 Å². The Bertz CT molecular complexity index is 847. The number of nitrogens with zero attached hydrogens (tertiary/aromatic N) is 4. The van der Waals surface area contributed by atoms with Gasteiger partial charge in [-0.1, -0.05) is 30.3 Å². The van der Waals surface area contributed by atoms with Crippen LogP contribution in [0.1, 0.15) is 41.6 Å². The van der Waals surface area contributed by atoms with Gasteiger partial charge in [-0.25, -0.2) is 9.97 Å². The van der Waals surface area contributed by atoms with Crippen LogP contribution >= 0.6 is 0 Å². The molecule has 126 valence electrons. The van der Waals surface area contributed by atoms with Crippen LogP contribution in [0.4, 0.5) is 0 Å². The maximum Gasteiger partial charge on any atom is 0.274 e. The van der Waals surface area contributed by atoms with Gasteiger partial charge in [0.25, 0.3) is 5.91 Å². The summed E-state index contributed by atoms with van der Waals surface area (Å²) in [4.78, 5) is 30.8. The van der Waals surface area contributed by atoms with Gasteiger partial charge in [0.1, 0.15) is 11.5 Å². The van der Waals surface area contributed by atoms with Gasteiger partial charge in [0.15, 0.2) is 0 Å². The molecule has 3 aromatic rings. The number of rotatable bonds is 3. The summed E-state index contributed by atoms with van der Waals surface area (Å²) in [5.74, 6) is 0.742. The molecule has 0 bridgehead atoms. The molecule has 1 aliphatic heterocycles. The normalized spacial score (nSPS) is 17.4. The third-order valence-electron chi connectivity index (χ3n) is 4.54. The predicted molar refractivity (Wildman–Crippen MR) is 93.7 cm³/mol. The molecule has 3 heterocycles. The van der Waals surface area contributed by atoms with Crippen molar-refractivity contribution in [1.29, 1.82) is 0 Å². The highest BCUT2D eigenvalue weighted by molar-refractivity contribution is 5.92. The Morgan fingerprint density at radius 2 is 1.96 bits per heavy atom. The third-order valence-corrected chi connectivity index (χ3v) is 4.54. The number of H-pyrrole nitrogens is 1. The summed E-state index contributed by atoms with van der Waals surface area (Å²) in [6, 6.07) is 10.0. The second-order valence-electron chi connectivity index (χ2n) is 6.15. The number of likely N-dealkylation sites (tertiary alicyclic amines) is 1. The number of hydrogen-bond acceptors (Lipinski definition) is 4. The lowest BCUT2D eigenvalue weighted by Crippen LogP contribution is -2.39. The van der Waals surface area contributed by atoms with E-state index < -0.39 is 0 Å². The van der Waals surface area contributed by atoms with E-state index in [1.165, 1.54) is 6.20 Å². The van der Waals surface area contributed by atoms with E-state index in [-0.39, 0.29) is 11.9 Å². The Labute approximate surface area is 146 Å². The molecule has 1 N–H and O–H groups in total. The minimum atomic E-state index is -0.0875. The smallest absolute Gasteiger partial charge is 0.274 e. The van der Waals surface area contributed by atoms with E-state index in [2.05, 4.69) is 19.9 Å². The second kappa shape index (κ2) is 6.84. The molecular weight excluding hydrogens is 314 g/mol. The molecule has 1 saturated heterocycles. The van der Waals surface area contributed by atoms with Crippen molar-refractivity contribution in [2.24, 2.45) is 0 Å².